The summed E-state index contributed by atoms with van der Waals surface area (Å²) in [7, 11) is 0. The number of aryl methyl sites for hydroxylation is 1. The highest BCUT2D eigenvalue weighted by molar-refractivity contribution is 6.15. The molecule has 5 nitrogen and oxygen atoms in total. The van der Waals surface area contributed by atoms with Gasteiger partial charge in [0.25, 0.3) is 0 Å². The molecule has 0 spiro atoms. The van der Waals surface area contributed by atoms with Gasteiger partial charge in [0.15, 0.2) is 5.76 Å². The van der Waals surface area contributed by atoms with Crippen LogP contribution >= 0.6 is 0 Å². The molecule has 124 valence electrons. The average molecular weight is 325 g/mol. The van der Waals surface area contributed by atoms with Crippen LogP contribution in [0.25, 0.3) is 6.08 Å². The molecule has 2 aromatic rings. The third-order valence-corrected chi connectivity index (χ3v) is 4.76. The molecule has 1 aromatic carbocycles. The molecule has 24 heavy (non-hydrogen) atoms. The molecular weight excluding hydrogens is 306 g/mol. The highest BCUT2D eigenvalue weighted by atomic mass is 16.5. The normalized spacial score (nSPS) is 19.0. The molecule has 1 N–H and O–H groups in total. The third kappa shape index (κ3) is 2.51. The zero-order chi connectivity index (χ0) is 16.7. The van der Waals surface area contributed by atoms with E-state index >= 15 is 0 Å². The molecule has 0 unspecified atom stereocenters. The van der Waals surface area contributed by atoms with Gasteiger partial charge in [0.2, 0.25) is 5.78 Å². The molecule has 0 amide bonds. The van der Waals surface area contributed by atoms with Crippen molar-refractivity contribution < 1.29 is 24.0 Å². The van der Waals surface area contributed by atoms with Crippen molar-refractivity contribution in [1.29, 1.82) is 0 Å². The summed E-state index contributed by atoms with van der Waals surface area (Å²) >= 11 is 0. The summed E-state index contributed by atoms with van der Waals surface area (Å²) in [5, 5.41) is 12.5. The van der Waals surface area contributed by atoms with Crippen LogP contribution in [-0.2, 0) is 6.54 Å². The fourth-order valence-electron chi connectivity index (χ4n) is 3.54. The van der Waals surface area contributed by atoms with Crippen molar-refractivity contribution in [2.45, 2.75) is 26.3 Å². The fourth-order valence-corrected chi connectivity index (χ4v) is 3.54. The number of ketones is 1. The van der Waals surface area contributed by atoms with Gasteiger partial charge in [0.1, 0.15) is 18.1 Å². The van der Waals surface area contributed by atoms with Gasteiger partial charge in [0, 0.05) is 24.5 Å². The summed E-state index contributed by atoms with van der Waals surface area (Å²) in [5.74, 6) is 0.987. The minimum atomic E-state index is -0.184. The van der Waals surface area contributed by atoms with Crippen LogP contribution in [0.5, 0.6) is 11.5 Å². The van der Waals surface area contributed by atoms with Gasteiger partial charge in [-0.3, -0.25) is 4.79 Å². The molecule has 5 heteroatoms. The number of hydrogen-bond donors (Lipinski definition) is 1. The Balaban J connectivity index is 1.74. The average Bonchev–Trinajstić information content (AvgIpc) is 3.27. The molecule has 4 rings (SSSR count). The van der Waals surface area contributed by atoms with Crippen molar-refractivity contribution in [1.82, 2.24) is 0 Å². The number of rotatable bonds is 3. The molecule has 0 radical (unpaired) electrons. The van der Waals surface area contributed by atoms with E-state index in [4.69, 9.17) is 9.15 Å². The number of likely N-dealkylation sites (tertiary alicyclic amines) is 1. The molecular formula is C19H19NO4. The van der Waals surface area contributed by atoms with Crippen molar-refractivity contribution in [2.75, 3.05) is 13.1 Å². The zero-order valence-electron chi connectivity index (χ0n) is 13.6. The maximum absolute atomic E-state index is 12.7. The summed E-state index contributed by atoms with van der Waals surface area (Å²) in [4.78, 5) is 14.1. The molecule has 0 saturated carbocycles. The Bertz CT molecular complexity index is 814. The van der Waals surface area contributed by atoms with E-state index in [1.54, 1.807) is 37.5 Å². The predicted octanol–water partition coefficient (Wildman–Crippen LogP) is 1.46. The van der Waals surface area contributed by atoms with Crippen LogP contribution in [0.15, 0.2) is 34.6 Å². The smallest absolute Gasteiger partial charge is 0.232 e. The number of ether oxygens (including phenoxy) is 1. The van der Waals surface area contributed by atoms with Crippen LogP contribution in [-0.4, -0.2) is 18.9 Å². The van der Waals surface area contributed by atoms with Crippen molar-refractivity contribution >= 4 is 11.9 Å². The first kappa shape index (κ1) is 15.0. The van der Waals surface area contributed by atoms with E-state index in [1.165, 1.54) is 17.7 Å². The van der Waals surface area contributed by atoms with Gasteiger partial charge in [-0.25, -0.2) is 0 Å². The lowest BCUT2D eigenvalue weighted by Gasteiger charge is -2.20. The van der Waals surface area contributed by atoms with Gasteiger partial charge < -0.3 is 19.2 Å². The standard InChI is InChI=1S/C19H19NO4/c1-12-9-15(21)14(11-20-6-2-3-7-20)19-17(12)18(22)16(24-19)10-13-5-4-8-23-13/h4-5,8-10,21H,2-3,6-7,11H2,1H3/b16-10+. The second kappa shape index (κ2) is 5.83. The van der Waals surface area contributed by atoms with Gasteiger partial charge >= 0.3 is 0 Å². The lowest BCUT2D eigenvalue weighted by molar-refractivity contribution is -0.901. The van der Waals surface area contributed by atoms with Crippen LogP contribution in [0, 0.1) is 6.92 Å². The summed E-state index contributed by atoms with van der Waals surface area (Å²) in [6.45, 7) is 4.52. The maximum atomic E-state index is 12.7. The summed E-state index contributed by atoms with van der Waals surface area (Å²) < 4.78 is 11.1. The minimum absolute atomic E-state index is 0.0438. The number of hydrogen-bond acceptors (Lipinski definition) is 4. The van der Waals surface area contributed by atoms with E-state index in [9.17, 15) is 9.90 Å². The van der Waals surface area contributed by atoms with Crippen molar-refractivity contribution in [3.05, 3.63) is 52.7 Å². The second-order valence-electron chi connectivity index (χ2n) is 6.46. The summed E-state index contributed by atoms with van der Waals surface area (Å²) in [6, 6.07) is 5.07. The number of benzene rings is 1. The summed E-state index contributed by atoms with van der Waals surface area (Å²) in [5.41, 5.74) is 1.80. The predicted molar refractivity (Wildman–Crippen MR) is 85.9 cm³/mol. The fraction of sp³-hybridized carbons (Fsp3) is 0.316. The SMILES string of the molecule is Cc1cc([O-])c(C[NH+]2CCCC2)c2c1C(=O)/C(=C\c1ccco1)O2. The monoisotopic (exact) mass is 325 g/mol. The van der Waals surface area contributed by atoms with Gasteiger partial charge in [-0.2, -0.15) is 0 Å². The zero-order valence-corrected chi connectivity index (χ0v) is 13.6. The number of Topliss-reactive ketones (excluding diaryl/α,β-unsaturated/α-hetero) is 1. The van der Waals surface area contributed by atoms with Crippen LogP contribution < -0.4 is 14.7 Å². The highest BCUT2D eigenvalue weighted by Gasteiger charge is 2.33. The van der Waals surface area contributed by atoms with Crippen molar-refractivity contribution in [3.8, 4) is 11.5 Å². The number of allylic oxidation sites excluding steroid dienone is 1. The number of carbonyl (C=O) groups is 1. The van der Waals surface area contributed by atoms with E-state index in [-0.39, 0.29) is 17.3 Å². The highest BCUT2D eigenvalue weighted by Crippen LogP contribution is 2.40. The van der Waals surface area contributed by atoms with E-state index in [1.807, 2.05) is 0 Å². The lowest BCUT2D eigenvalue weighted by atomic mass is 9.99. The molecule has 2 aliphatic rings. The Morgan fingerprint density at radius 2 is 2.12 bits per heavy atom. The van der Waals surface area contributed by atoms with Crippen LogP contribution in [0.2, 0.25) is 0 Å². The van der Waals surface area contributed by atoms with Gasteiger partial charge in [-0.1, -0.05) is 11.8 Å². The van der Waals surface area contributed by atoms with Crippen molar-refractivity contribution in [3.63, 3.8) is 0 Å². The van der Waals surface area contributed by atoms with E-state index in [2.05, 4.69) is 0 Å². The molecule has 0 bridgehead atoms. The van der Waals surface area contributed by atoms with Crippen LogP contribution in [0.3, 0.4) is 0 Å². The molecule has 2 aliphatic heterocycles. The number of fused-ring (bicyclic) bond motifs is 1. The van der Waals surface area contributed by atoms with Gasteiger partial charge in [-0.05, 0) is 24.6 Å². The number of carbonyl (C=O) groups excluding carboxylic acids is 1. The molecule has 0 atom stereocenters. The quantitative estimate of drug-likeness (QED) is 0.868. The Hall–Kier alpha value is -2.53. The second-order valence-corrected chi connectivity index (χ2v) is 6.46. The van der Waals surface area contributed by atoms with E-state index in [0.717, 1.165) is 13.1 Å². The first-order chi connectivity index (χ1) is 11.6. The topological polar surface area (TPSA) is 66.9 Å². The lowest BCUT2D eigenvalue weighted by Crippen LogP contribution is -3.08. The molecule has 1 aromatic heterocycles. The van der Waals surface area contributed by atoms with Crippen LogP contribution in [0.1, 0.15) is 40.1 Å². The van der Waals surface area contributed by atoms with Crippen LogP contribution in [0.4, 0.5) is 0 Å². The minimum Gasteiger partial charge on any atom is -0.872 e. The first-order valence-electron chi connectivity index (χ1n) is 8.28. The van der Waals surface area contributed by atoms with Gasteiger partial charge in [0.05, 0.1) is 24.9 Å². The largest absolute Gasteiger partial charge is 0.872 e. The van der Waals surface area contributed by atoms with Crippen molar-refractivity contribution in [2.24, 2.45) is 0 Å². The van der Waals surface area contributed by atoms with E-state index in [0.29, 0.717) is 34.7 Å². The Morgan fingerprint density at radius 1 is 1.33 bits per heavy atom. The third-order valence-electron chi connectivity index (χ3n) is 4.76. The molecule has 0 aliphatic carbocycles. The Kier molecular flexibility index (Phi) is 3.65. The molecule has 3 heterocycles. The Labute approximate surface area is 140 Å². The number of nitrogens with one attached hydrogen (secondary N) is 1. The maximum Gasteiger partial charge on any atom is 0.232 e. The molecule has 1 fully saturated rings. The van der Waals surface area contributed by atoms with Gasteiger partial charge in [-0.15, -0.1) is 0 Å². The Morgan fingerprint density at radius 3 is 2.83 bits per heavy atom. The first-order valence-corrected chi connectivity index (χ1v) is 8.28. The number of furan rings is 1. The molecule has 1 saturated heterocycles. The van der Waals surface area contributed by atoms with E-state index < -0.39 is 0 Å². The summed E-state index contributed by atoms with van der Waals surface area (Å²) in [6.07, 6.45) is 5.49. The number of quaternary nitrogens is 1.